The van der Waals surface area contributed by atoms with Crippen molar-refractivity contribution in [2.45, 2.75) is 5.85 Å². The number of hydrogen-bond acceptors (Lipinski definition) is 1. The zero-order valence-corrected chi connectivity index (χ0v) is 11.1. The smallest absolute Gasteiger partial charge is 0.383 e. The van der Waals surface area contributed by atoms with Crippen molar-refractivity contribution in [3.63, 3.8) is 0 Å². The predicted octanol–water partition coefficient (Wildman–Crippen LogP) is -0.0729. The molecule has 1 N–H and O–H groups in total. The van der Waals surface area contributed by atoms with E-state index in [0.29, 0.717) is 0 Å². The minimum Gasteiger partial charge on any atom is -0.383 e. The summed E-state index contributed by atoms with van der Waals surface area (Å²) >= 11 is 0. The van der Waals surface area contributed by atoms with E-state index in [4.69, 9.17) is 5.11 Å². The summed E-state index contributed by atoms with van der Waals surface area (Å²) in [6.45, 7) is 0.782. The van der Waals surface area contributed by atoms with Crippen LogP contribution in [0.25, 0.3) is 0 Å². The van der Waals surface area contributed by atoms with Crippen LogP contribution in [0.2, 0.25) is 0 Å². The molecule has 5 heteroatoms. The van der Waals surface area contributed by atoms with Gasteiger partial charge in [0.05, 0.1) is 21.1 Å². The molecule has 0 aliphatic carbocycles. The van der Waals surface area contributed by atoms with E-state index in [2.05, 4.69) is 9.24 Å². The Balaban J connectivity index is -0.000000245. The average molecular weight is 213 g/mol. The fraction of sp³-hybridized carbons (Fsp3) is 1.00. The number of nitrogens with zero attached hydrogens (tertiary/aromatic N) is 1. The number of halogens is 1. The quantitative estimate of drug-likeness (QED) is 0.386. The second-order valence-electron chi connectivity index (χ2n) is 3.04. The minimum atomic E-state index is -0.269. The largest absolute Gasteiger partial charge is 2.00 e. The maximum Gasteiger partial charge on any atom is 2.00 e. The van der Waals surface area contributed by atoms with Crippen LogP contribution in [0.5, 0.6) is 0 Å². The molecule has 2 atom stereocenters. The molecule has 0 aliphatic heterocycles. The standard InChI is InChI=1S/C5H15NOP.Ca.ClH/c1-6(2,3)4-5(7)8;;/h5,7H,4,8H2,1-3H3;;1H/q+1;+2;. The van der Waals surface area contributed by atoms with Crippen molar-refractivity contribution in [1.29, 1.82) is 0 Å². The fourth-order valence-electron chi connectivity index (χ4n) is 0.561. The molecule has 0 saturated carbocycles. The van der Waals surface area contributed by atoms with Gasteiger partial charge >= 0.3 is 37.7 Å². The molecule has 10 heavy (non-hydrogen) atoms. The Morgan fingerprint density at radius 1 is 1.40 bits per heavy atom. The fourth-order valence-corrected chi connectivity index (χ4v) is 1.19. The van der Waals surface area contributed by atoms with Crippen LogP contribution >= 0.6 is 21.6 Å². The van der Waals surface area contributed by atoms with Gasteiger partial charge in [0.1, 0.15) is 12.4 Å². The van der Waals surface area contributed by atoms with E-state index in [1.54, 1.807) is 0 Å². The van der Waals surface area contributed by atoms with Gasteiger partial charge in [-0.15, -0.1) is 21.6 Å². The van der Waals surface area contributed by atoms with Crippen LogP contribution in [-0.4, -0.2) is 80.9 Å². The first-order valence-electron chi connectivity index (χ1n) is 2.66. The molecular formula is C5H16CaClNOP+3. The van der Waals surface area contributed by atoms with E-state index in [1.807, 2.05) is 21.1 Å². The summed E-state index contributed by atoms with van der Waals surface area (Å²) < 4.78 is 0.810. The molecule has 0 bridgehead atoms. The first kappa shape index (κ1) is 17.8. The zero-order chi connectivity index (χ0) is 6.78. The summed E-state index contributed by atoms with van der Waals surface area (Å²) in [5.41, 5.74) is 0. The minimum absolute atomic E-state index is 0. The third-order valence-corrected chi connectivity index (χ3v) is 0.946. The maximum absolute atomic E-state index is 8.84. The molecule has 0 aromatic carbocycles. The van der Waals surface area contributed by atoms with Gasteiger partial charge in [-0.1, -0.05) is 0 Å². The van der Waals surface area contributed by atoms with Gasteiger partial charge in [-0.25, -0.2) is 0 Å². The summed E-state index contributed by atoms with van der Waals surface area (Å²) in [5.74, 6) is -0.269. The predicted molar refractivity (Wildman–Crippen MR) is 51.6 cm³/mol. The van der Waals surface area contributed by atoms with Crippen LogP contribution in [-0.2, 0) is 0 Å². The zero-order valence-electron chi connectivity index (χ0n) is 6.87. The molecule has 2 unspecified atom stereocenters. The van der Waals surface area contributed by atoms with E-state index in [9.17, 15) is 0 Å². The van der Waals surface area contributed by atoms with Gasteiger partial charge in [0.25, 0.3) is 0 Å². The third kappa shape index (κ3) is 16.5. The number of quaternary nitrogens is 1. The summed E-state index contributed by atoms with van der Waals surface area (Å²) in [6, 6.07) is 0. The molecule has 0 rings (SSSR count). The number of aliphatic hydroxyl groups excluding tert-OH is 1. The van der Waals surface area contributed by atoms with Crippen LogP contribution in [0.15, 0.2) is 0 Å². The Kier molecular flexibility index (Phi) is 13.5. The van der Waals surface area contributed by atoms with Gasteiger partial charge in [0.15, 0.2) is 0 Å². The van der Waals surface area contributed by atoms with Crippen LogP contribution in [0.1, 0.15) is 0 Å². The molecule has 2 nitrogen and oxygen atoms in total. The normalized spacial score (nSPS) is 12.9. The van der Waals surface area contributed by atoms with Crippen molar-refractivity contribution < 1.29 is 9.59 Å². The molecule has 0 aromatic heterocycles. The first-order valence-corrected chi connectivity index (χ1v) is 3.32. The van der Waals surface area contributed by atoms with Crippen LogP contribution in [0.3, 0.4) is 0 Å². The average Bonchev–Trinajstić information content (AvgIpc) is 1.21. The number of likely N-dealkylation sites (N-methyl/N-ethyl adjacent to an activating group) is 1. The Morgan fingerprint density at radius 3 is 1.70 bits per heavy atom. The van der Waals surface area contributed by atoms with Gasteiger partial charge in [-0.2, -0.15) is 0 Å². The van der Waals surface area contributed by atoms with Gasteiger partial charge in [-0.3, -0.25) is 0 Å². The first-order chi connectivity index (χ1) is 3.42. The SMILES string of the molecule is C[N+](C)(C)CC(O)P.Cl.[Ca+2]. The second-order valence-corrected chi connectivity index (χ2v) is 3.81. The van der Waals surface area contributed by atoms with E-state index >= 15 is 0 Å². The molecule has 0 aliphatic rings. The van der Waals surface area contributed by atoms with Crippen molar-refractivity contribution in [2.24, 2.45) is 0 Å². The molecule has 0 heterocycles. The van der Waals surface area contributed by atoms with Crippen molar-refractivity contribution in [1.82, 2.24) is 0 Å². The summed E-state index contributed by atoms with van der Waals surface area (Å²) in [4.78, 5) is 0. The number of aliphatic hydroxyl groups is 1. The maximum atomic E-state index is 8.84. The Bertz CT molecular complexity index is 76.5. The van der Waals surface area contributed by atoms with Gasteiger partial charge < -0.3 is 9.59 Å². The summed E-state index contributed by atoms with van der Waals surface area (Å²) in [7, 11) is 8.51. The number of hydrogen-bond donors (Lipinski definition) is 1. The van der Waals surface area contributed by atoms with Crippen LogP contribution in [0.4, 0.5) is 0 Å². The molecule has 0 saturated heterocycles. The van der Waals surface area contributed by atoms with Crippen molar-refractivity contribution in [3.8, 4) is 0 Å². The summed E-state index contributed by atoms with van der Waals surface area (Å²) in [6.07, 6.45) is 0. The molecule has 0 aromatic rings. The molecule has 0 amide bonds. The van der Waals surface area contributed by atoms with E-state index in [-0.39, 0.29) is 56.0 Å². The Hall–Kier alpha value is 1.90. The van der Waals surface area contributed by atoms with Crippen molar-refractivity contribution in [2.75, 3.05) is 27.7 Å². The van der Waals surface area contributed by atoms with E-state index < -0.39 is 0 Å². The molecular weight excluding hydrogens is 197 g/mol. The molecule has 0 fully saturated rings. The van der Waals surface area contributed by atoms with E-state index in [1.165, 1.54) is 0 Å². The van der Waals surface area contributed by atoms with Gasteiger partial charge in [0.2, 0.25) is 0 Å². The van der Waals surface area contributed by atoms with Crippen LogP contribution < -0.4 is 0 Å². The summed E-state index contributed by atoms with van der Waals surface area (Å²) in [5, 5.41) is 8.84. The van der Waals surface area contributed by atoms with E-state index in [0.717, 1.165) is 11.0 Å². The molecule has 0 spiro atoms. The van der Waals surface area contributed by atoms with Crippen molar-refractivity contribution >= 4 is 59.4 Å². The second kappa shape index (κ2) is 7.54. The van der Waals surface area contributed by atoms with Crippen molar-refractivity contribution in [3.05, 3.63) is 0 Å². The monoisotopic (exact) mass is 212 g/mol. The van der Waals surface area contributed by atoms with Crippen LogP contribution in [0, 0.1) is 0 Å². The van der Waals surface area contributed by atoms with Gasteiger partial charge in [-0.05, 0) is 0 Å². The molecule has 58 valence electrons. The third-order valence-electron chi connectivity index (χ3n) is 0.735. The van der Waals surface area contributed by atoms with Gasteiger partial charge in [0, 0.05) is 0 Å². The Labute approximate surface area is 102 Å². The molecule has 0 radical (unpaired) electrons. The Morgan fingerprint density at radius 2 is 1.70 bits per heavy atom. The topological polar surface area (TPSA) is 20.2 Å². The number of rotatable bonds is 2.